The van der Waals surface area contributed by atoms with Gasteiger partial charge in [-0.2, -0.15) is 0 Å². The van der Waals surface area contributed by atoms with Gasteiger partial charge in [-0.05, 0) is 29.0 Å². The lowest BCUT2D eigenvalue weighted by molar-refractivity contribution is 0.448. The van der Waals surface area contributed by atoms with Gasteiger partial charge < -0.3 is 14.8 Å². The average molecular weight is 221 g/mol. The molecule has 0 saturated heterocycles. The minimum Gasteiger partial charge on any atom is -0.739 e. The van der Waals surface area contributed by atoms with Crippen LogP contribution in [0.5, 0.6) is 11.5 Å². The summed E-state index contributed by atoms with van der Waals surface area (Å²) in [6.45, 7) is 0. The first kappa shape index (κ1) is 10.2. The lowest BCUT2D eigenvalue weighted by atomic mass is 10.3. The highest BCUT2D eigenvalue weighted by Crippen LogP contribution is 2.33. The van der Waals surface area contributed by atoms with Crippen LogP contribution in [0.2, 0.25) is 0 Å². The van der Waals surface area contributed by atoms with Crippen LogP contribution in [-0.2, 0) is 9.15 Å². The van der Waals surface area contributed by atoms with Crippen LogP contribution in [0.3, 0.4) is 0 Å². The van der Waals surface area contributed by atoms with Gasteiger partial charge in [-0.25, -0.2) is 8.42 Å². The van der Waals surface area contributed by atoms with Crippen LogP contribution in [0.25, 0.3) is 0 Å². The van der Waals surface area contributed by atoms with Crippen molar-refractivity contribution >= 4 is 19.9 Å². The van der Waals surface area contributed by atoms with E-state index in [0.29, 0.717) is 0 Å². The third kappa shape index (κ3) is 3.13. The summed E-state index contributed by atoms with van der Waals surface area (Å²) in [7, 11) is -4.57. The van der Waals surface area contributed by atoms with Gasteiger partial charge in [0.1, 0.15) is 11.5 Å². The van der Waals surface area contributed by atoms with Crippen LogP contribution < -0.4 is 0 Å². The largest absolute Gasteiger partial charge is 0.739 e. The Labute approximate surface area is 78.2 Å². The summed E-state index contributed by atoms with van der Waals surface area (Å²) < 4.78 is 30.8. The molecule has 0 aromatic heterocycles. The zero-order valence-corrected chi connectivity index (χ0v) is 7.80. The van der Waals surface area contributed by atoms with Crippen molar-refractivity contribution in [3.63, 3.8) is 0 Å². The van der Waals surface area contributed by atoms with Gasteiger partial charge >= 0.3 is 0 Å². The highest BCUT2D eigenvalue weighted by Gasteiger charge is 2.06. The maximum atomic E-state index is 10.3. The highest BCUT2D eigenvalue weighted by atomic mass is 33.1. The second-order valence-corrected chi connectivity index (χ2v) is 5.29. The molecule has 0 fully saturated rings. The number of hydrogen-bond donors (Lipinski definition) is 2. The molecule has 7 heteroatoms. The zero-order valence-electron chi connectivity index (χ0n) is 6.17. The lowest BCUT2D eigenvalue weighted by Crippen LogP contribution is -1.89. The van der Waals surface area contributed by atoms with E-state index in [9.17, 15) is 13.0 Å². The SMILES string of the molecule is O=S(=O)([O-])Sc1cc(O)ccc1O. The molecule has 72 valence electrons. The van der Waals surface area contributed by atoms with Crippen molar-refractivity contribution in [2.45, 2.75) is 4.90 Å². The normalized spacial score (nSPS) is 11.5. The summed E-state index contributed by atoms with van der Waals surface area (Å²) in [6.07, 6.45) is 0. The van der Waals surface area contributed by atoms with Gasteiger partial charge in [0, 0.05) is 0 Å². The van der Waals surface area contributed by atoms with Crippen molar-refractivity contribution in [3.05, 3.63) is 18.2 Å². The number of phenolic OH excluding ortho intramolecular Hbond substituents is 2. The van der Waals surface area contributed by atoms with Crippen LogP contribution in [0.4, 0.5) is 0 Å². The summed E-state index contributed by atoms with van der Waals surface area (Å²) in [5, 5.41) is 18.0. The topological polar surface area (TPSA) is 97.7 Å². The quantitative estimate of drug-likeness (QED) is 0.432. The Morgan fingerprint density at radius 1 is 1.31 bits per heavy atom. The molecule has 0 radical (unpaired) electrons. The van der Waals surface area contributed by atoms with Crippen molar-refractivity contribution in [3.8, 4) is 11.5 Å². The van der Waals surface area contributed by atoms with Gasteiger partial charge in [0.15, 0.2) is 9.15 Å². The molecule has 1 aromatic carbocycles. The van der Waals surface area contributed by atoms with E-state index in [-0.39, 0.29) is 27.2 Å². The molecule has 13 heavy (non-hydrogen) atoms. The van der Waals surface area contributed by atoms with Crippen molar-refractivity contribution in [1.29, 1.82) is 0 Å². The highest BCUT2D eigenvalue weighted by molar-refractivity contribution is 8.69. The maximum absolute atomic E-state index is 10.3. The van der Waals surface area contributed by atoms with Crippen LogP contribution >= 0.6 is 10.8 Å². The number of aromatic hydroxyl groups is 2. The van der Waals surface area contributed by atoms with E-state index in [1.807, 2.05) is 0 Å². The Bertz CT molecular complexity index is 411. The van der Waals surface area contributed by atoms with Crippen LogP contribution in [-0.4, -0.2) is 23.2 Å². The fraction of sp³-hybridized carbons (Fsp3) is 0. The predicted octanol–water partition coefficient (Wildman–Crippen LogP) is 0.650. The second-order valence-electron chi connectivity index (χ2n) is 2.14. The Balaban J connectivity index is 3.08. The summed E-state index contributed by atoms with van der Waals surface area (Å²) in [5.74, 6) is -0.578. The van der Waals surface area contributed by atoms with Gasteiger partial charge in [-0.1, -0.05) is 0 Å². The van der Waals surface area contributed by atoms with Crippen LogP contribution in [0.15, 0.2) is 23.1 Å². The summed E-state index contributed by atoms with van der Waals surface area (Å²) in [4.78, 5) is -0.185. The Morgan fingerprint density at radius 3 is 2.46 bits per heavy atom. The van der Waals surface area contributed by atoms with Crippen molar-refractivity contribution in [1.82, 2.24) is 0 Å². The Kier molecular flexibility index (Phi) is 2.69. The molecule has 2 N–H and O–H groups in total. The lowest BCUT2D eigenvalue weighted by Gasteiger charge is -2.07. The van der Waals surface area contributed by atoms with Crippen molar-refractivity contribution < 1.29 is 23.2 Å². The van der Waals surface area contributed by atoms with E-state index >= 15 is 0 Å². The number of rotatable bonds is 2. The molecule has 0 aliphatic rings. The number of phenols is 2. The molecule has 5 nitrogen and oxygen atoms in total. The predicted molar refractivity (Wildman–Crippen MR) is 45.3 cm³/mol. The molecule has 1 rings (SSSR count). The minimum atomic E-state index is -4.52. The maximum Gasteiger partial charge on any atom is 0.153 e. The summed E-state index contributed by atoms with van der Waals surface area (Å²) >= 11 is 0. The Hall–Kier alpha value is -0.920. The standard InChI is InChI=1S/C6H6O5S2/c7-4-1-2-5(8)6(3-4)12-13(9,10)11/h1-3,7-8H,(H,9,10,11)/p-1. The van der Waals surface area contributed by atoms with Gasteiger partial charge in [0.05, 0.1) is 4.90 Å². The first-order chi connectivity index (χ1) is 5.88. The molecule has 0 unspecified atom stereocenters. The smallest absolute Gasteiger partial charge is 0.153 e. The monoisotopic (exact) mass is 221 g/mol. The summed E-state index contributed by atoms with van der Waals surface area (Å²) in [5.41, 5.74) is 0. The van der Waals surface area contributed by atoms with E-state index < -0.39 is 9.15 Å². The van der Waals surface area contributed by atoms with E-state index in [1.165, 1.54) is 6.07 Å². The molecule has 0 aliphatic carbocycles. The second kappa shape index (κ2) is 3.44. The molecule has 0 spiro atoms. The minimum absolute atomic E-state index is 0.0518. The molecule has 1 aromatic rings. The van der Waals surface area contributed by atoms with E-state index in [2.05, 4.69) is 0 Å². The van der Waals surface area contributed by atoms with Crippen LogP contribution in [0.1, 0.15) is 0 Å². The van der Waals surface area contributed by atoms with Crippen molar-refractivity contribution in [2.24, 2.45) is 0 Å². The number of hydrogen-bond acceptors (Lipinski definition) is 6. The molecule has 0 saturated carbocycles. The molecule has 0 atom stereocenters. The fourth-order valence-corrected chi connectivity index (χ4v) is 2.28. The van der Waals surface area contributed by atoms with Crippen LogP contribution in [0, 0.1) is 0 Å². The van der Waals surface area contributed by atoms with E-state index in [1.54, 1.807) is 0 Å². The summed E-state index contributed by atoms with van der Waals surface area (Å²) in [6, 6.07) is 3.27. The fourth-order valence-electron chi connectivity index (χ4n) is 0.680. The van der Waals surface area contributed by atoms with E-state index in [0.717, 1.165) is 12.1 Å². The van der Waals surface area contributed by atoms with Gasteiger partial charge in [0.25, 0.3) is 0 Å². The van der Waals surface area contributed by atoms with Gasteiger partial charge in [-0.15, -0.1) is 0 Å². The first-order valence-electron chi connectivity index (χ1n) is 3.06. The third-order valence-electron chi connectivity index (χ3n) is 1.14. The van der Waals surface area contributed by atoms with Crippen molar-refractivity contribution in [2.75, 3.05) is 0 Å². The molecule has 0 heterocycles. The number of benzene rings is 1. The molecular weight excluding hydrogens is 216 g/mol. The molecular formula is C6H5O5S2-. The van der Waals surface area contributed by atoms with E-state index in [4.69, 9.17) is 10.2 Å². The average Bonchev–Trinajstić information content (AvgIpc) is 1.94. The Morgan fingerprint density at radius 2 is 1.92 bits per heavy atom. The van der Waals surface area contributed by atoms with Gasteiger partial charge in [-0.3, -0.25) is 0 Å². The first-order valence-corrected chi connectivity index (χ1v) is 5.80. The molecule has 0 aliphatic heterocycles. The van der Waals surface area contributed by atoms with Gasteiger partial charge in [0.2, 0.25) is 0 Å². The zero-order chi connectivity index (χ0) is 10.1. The third-order valence-corrected chi connectivity index (χ3v) is 3.00. The molecule has 0 amide bonds. The molecule has 0 bridgehead atoms.